The molecular weight excluding hydrogens is 264 g/mol. The Bertz CT molecular complexity index is 484. The maximum absolute atomic E-state index is 6.03. The van der Waals surface area contributed by atoms with Crippen molar-refractivity contribution in [1.82, 2.24) is 19.6 Å². The van der Waals surface area contributed by atoms with E-state index in [0.29, 0.717) is 12.1 Å². The van der Waals surface area contributed by atoms with Crippen LogP contribution in [0.3, 0.4) is 0 Å². The van der Waals surface area contributed by atoms with Crippen molar-refractivity contribution in [3.8, 4) is 0 Å². The van der Waals surface area contributed by atoms with E-state index in [9.17, 15) is 0 Å². The van der Waals surface area contributed by atoms with Gasteiger partial charge in [0.2, 0.25) is 0 Å². The Balaban J connectivity index is 1.40. The first-order valence-corrected chi connectivity index (χ1v) is 8.33. The molecule has 1 saturated carbocycles. The number of hydrogen-bond donors (Lipinski definition) is 0. The summed E-state index contributed by atoms with van der Waals surface area (Å²) in [5.74, 6) is 0.970. The van der Waals surface area contributed by atoms with E-state index in [1.807, 2.05) is 17.9 Å². The molecule has 0 amide bonds. The Morgan fingerprint density at radius 1 is 1.29 bits per heavy atom. The summed E-state index contributed by atoms with van der Waals surface area (Å²) in [6.45, 7) is 6.66. The normalized spacial score (nSPS) is 31.3. The molecule has 21 heavy (non-hydrogen) atoms. The Hall–Kier alpha value is -0.910. The van der Waals surface area contributed by atoms with Crippen LogP contribution in [0.4, 0.5) is 0 Å². The number of rotatable bonds is 4. The molecule has 0 spiro atoms. The fourth-order valence-electron chi connectivity index (χ4n) is 3.82. The highest BCUT2D eigenvalue weighted by Crippen LogP contribution is 2.33. The van der Waals surface area contributed by atoms with Gasteiger partial charge in [0, 0.05) is 57.6 Å². The number of ether oxygens (including phenoxy) is 1. The molecule has 0 radical (unpaired) electrons. The second-order valence-electron chi connectivity index (χ2n) is 6.96. The number of fused-ring (bicyclic) bond motifs is 1. The van der Waals surface area contributed by atoms with Gasteiger partial charge in [0.1, 0.15) is 0 Å². The van der Waals surface area contributed by atoms with E-state index in [2.05, 4.69) is 21.1 Å². The summed E-state index contributed by atoms with van der Waals surface area (Å²) in [6.07, 6.45) is 8.63. The molecule has 1 aromatic heterocycles. The van der Waals surface area contributed by atoms with Gasteiger partial charge in [-0.3, -0.25) is 14.5 Å². The first-order chi connectivity index (χ1) is 10.3. The van der Waals surface area contributed by atoms with Gasteiger partial charge in [-0.1, -0.05) is 0 Å². The van der Waals surface area contributed by atoms with Gasteiger partial charge in [0.05, 0.1) is 18.9 Å². The average Bonchev–Trinajstić information content (AvgIpc) is 3.21. The summed E-state index contributed by atoms with van der Waals surface area (Å²) in [7, 11) is 1.99. The monoisotopic (exact) mass is 290 g/mol. The van der Waals surface area contributed by atoms with E-state index in [1.165, 1.54) is 31.4 Å². The highest BCUT2D eigenvalue weighted by atomic mass is 16.5. The fraction of sp³-hybridized carbons (Fsp3) is 0.812. The summed E-state index contributed by atoms with van der Waals surface area (Å²) in [5.41, 5.74) is 1.32. The van der Waals surface area contributed by atoms with Crippen LogP contribution in [-0.2, 0) is 18.3 Å². The predicted molar refractivity (Wildman–Crippen MR) is 80.9 cm³/mol. The van der Waals surface area contributed by atoms with Gasteiger partial charge in [-0.05, 0) is 25.2 Å². The highest BCUT2D eigenvalue weighted by Gasteiger charge is 2.38. The second kappa shape index (κ2) is 5.71. The Kier molecular flexibility index (Phi) is 3.73. The standard InChI is InChI=1S/C16H26N4O/c1-18-9-14(8-17-18)10-19-5-4-16-15(12-19)20(6-7-21-16)11-13-2-3-13/h8-9,13,15-16H,2-7,10-12H2,1H3/t15-,16-/m0/s1. The largest absolute Gasteiger partial charge is 0.375 e. The molecule has 2 aliphatic heterocycles. The molecule has 3 heterocycles. The quantitative estimate of drug-likeness (QED) is 0.832. The van der Waals surface area contributed by atoms with Crippen LogP contribution in [0.5, 0.6) is 0 Å². The molecule has 1 aromatic rings. The fourth-order valence-corrected chi connectivity index (χ4v) is 3.82. The van der Waals surface area contributed by atoms with E-state index >= 15 is 0 Å². The van der Waals surface area contributed by atoms with E-state index < -0.39 is 0 Å². The molecule has 2 saturated heterocycles. The molecule has 0 aromatic carbocycles. The lowest BCUT2D eigenvalue weighted by molar-refractivity contribution is -0.105. The summed E-state index contributed by atoms with van der Waals surface area (Å²) >= 11 is 0. The van der Waals surface area contributed by atoms with Crippen LogP contribution < -0.4 is 0 Å². The van der Waals surface area contributed by atoms with Crippen molar-refractivity contribution in [1.29, 1.82) is 0 Å². The summed E-state index contributed by atoms with van der Waals surface area (Å²) in [5, 5.41) is 4.28. The molecule has 1 aliphatic carbocycles. The van der Waals surface area contributed by atoms with Crippen LogP contribution in [0, 0.1) is 5.92 Å². The molecule has 2 atom stereocenters. The van der Waals surface area contributed by atoms with Crippen LogP contribution in [0.2, 0.25) is 0 Å². The van der Waals surface area contributed by atoms with Crippen molar-refractivity contribution < 1.29 is 4.74 Å². The molecule has 0 N–H and O–H groups in total. The van der Waals surface area contributed by atoms with Gasteiger partial charge in [0.25, 0.3) is 0 Å². The van der Waals surface area contributed by atoms with Gasteiger partial charge < -0.3 is 4.74 Å². The van der Waals surface area contributed by atoms with E-state index in [-0.39, 0.29) is 0 Å². The van der Waals surface area contributed by atoms with Crippen LogP contribution >= 0.6 is 0 Å². The molecular formula is C16H26N4O. The molecule has 4 rings (SSSR count). The third-order valence-electron chi connectivity index (χ3n) is 5.14. The van der Waals surface area contributed by atoms with Crippen molar-refractivity contribution in [2.75, 3.05) is 32.8 Å². The number of likely N-dealkylation sites (tertiary alicyclic amines) is 1. The van der Waals surface area contributed by atoms with E-state index in [1.54, 1.807) is 0 Å². The minimum absolute atomic E-state index is 0.461. The van der Waals surface area contributed by atoms with Crippen LogP contribution in [0.15, 0.2) is 12.4 Å². The van der Waals surface area contributed by atoms with Gasteiger partial charge in [-0.2, -0.15) is 5.10 Å². The Morgan fingerprint density at radius 2 is 2.19 bits per heavy atom. The molecule has 3 fully saturated rings. The maximum Gasteiger partial charge on any atom is 0.0755 e. The number of piperidine rings is 1. The first kappa shape index (κ1) is 13.7. The zero-order valence-electron chi connectivity index (χ0n) is 12.9. The lowest BCUT2D eigenvalue weighted by Gasteiger charge is -2.47. The number of nitrogens with zero attached hydrogens (tertiary/aromatic N) is 4. The van der Waals surface area contributed by atoms with Crippen molar-refractivity contribution in [2.24, 2.45) is 13.0 Å². The zero-order valence-corrected chi connectivity index (χ0v) is 12.9. The first-order valence-electron chi connectivity index (χ1n) is 8.33. The minimum Gasteiger partial charge on any atom is -0.375 e. The van der Waals surface area contributed by atoms with Gasteiger partial charge in [0.15, 0.2) is 0 Å². The van der Waals surface area contributed by atoms with Gasteiger partial charge >= 0.3 is 0 Å². The second-order valence-corrected chi connectivity index (χ2v) is 6.96. The smallest absolute Gasteiger partial charge is 0.0755 e. The SMILES string of the molecule is Cn1cc(CN2CC[C@@H]3OCCN(CC4CC4)[C@H]3C2)cn1. The summed E-state index contributed by atoms with van der Waals surface area (Å²) < 4.78 is 7.93. The lowest BCUT2D eigenvalue weighted by Crippen LogP contribution is -2.60. The van der Waals surface area contributed by atoms with Crippen LogP contribution in [-0.4, -0.2) is 64.5 Å². The minimum atomic E-state index is 0.461. The van der Waals surface area contributed by atoms with Crippen LogP contribution in [0.1, 0.15) is 24.8 Å². The van der Waals surface area contributed by atoms with E-state index in [0.717, 1.165) is 38.7 Å². The highest BCUT2D eigenvalue weighted by molar-refractivity contribution is 5.04. The van der Waals surface area contributed by atoms with E-state index in [4.69, 9.17) is 4.74 Å². The van der Waals surface area contributed by atoms with Crippen molar-refractivity contribution in [2.45, 2.75) is 38.0 Å². The molecule has 5 nitrogen and oxygen atoms in total. The third kappa shape index (κ3) is 3.15. The summed E-state index contributed by atoms with van der Waals surface area (Å²) in [6, 6.07) is 0.602. The molecule has 5 heteroatoms. The van der Waals surface area contributed by atoms with Gasteiger partial charge in [-0.15, -0.1) is 0 Å². The molecule has 0 unspecified atom stereocenters. The number of morpholine rings is 1. The third-order valence-corrected chi connectivity index (χ3v) is 5.14. The number of aromatic nitrogens is 2. The molecule has 3 aliphatic rings. The summed E-state index contributed by atoms with van der Waals surface area (Å²) in [4.78, 5) is 5.29. The lowest BCUT2D eigenvalue weighted by atomic mass is 9.98. The zero-order chi connectivity index (χ0) is 14.2. The van der Waals surface area contributed by atoms with Crippen molar-refractivity contribution in [3.63, 3.8) is 0 Å². The van der Waals surface area contributed by atoms with Crippen molar-refractivity contribution >= 4 is 0 Å². The Labute approximate surface area is 126 Å². The molecule has 0 bridgehead atoms. The van der Waals surface area contributed by atoms with Crippen molar-refractivity contribution in [3.05, 3.63) is 18.0 Å². The number of hydrogen-bond acceptors (Lipinski definition) is 4. The Morgan fingerprint density at radius 3 is 2.95 bits per heavy atom. The number of aryl methyl sites for hydroxylation is 1. The maximum atomic E-state index is 6.03. The average molecular weight is 290 g/mol. The topological polar surface area (TPSA) is 33.5 Å². The predicted octanol–water partition coefficient (Wildman–Crippen LogP) is 1.11. The van der Waals surface area contributed by atoms with Gasteiger partial charge in [-0.25, -0.2) is 0 Å². The molecule has 116 valence electrons. The van der Waals surface area contributed by atoms with Crippen LogP contribution in [0.25, 0.3) is 0 Å².